The van der Waals surface area contributed by atoms with E-state index in [2.05, 4.69) is 5.32 Å². The van der Waals surface area contributed by atoms with Crippen molar-refractivity contribution in [2.24, 2.45) is 11.7 Å². The van der Waals surface area contributed by atoms with Gasteiger partial charge in [0.1, 0.15) is 0 Å². The third-order valence-corrected chi connectivity index (χ3v) is 5.35. The Bertz CT molecular complexity index is 627. The smallest absolute Gasteiger partial charge is 0.223 e. The van der Waals surface area contributed by atoms with Crippen molar-refractivity contribution in [1.29, 1.82) is 0 Å². The zero-order valence-corrected chi connectivity index (χ0v) is 13.7. The number of benzene rings is 1. The molecule has 1 heterocycles. The molecular formula is C17H19ClN2OS. The molecule has 3 unspecified atom stereocenters. The minimum Gasteiger partial charge on any atom is -0.344 e. The van der Waals surface area contributed by atoms with Gasteiger partial charge in [-0.3, -0.25) is 4.79 Å². The van der Waals surface area contributed by atoms with E-state index in [1.165, 1.54) is 0 Å². The van der Waals surface area contributed by atoms with Crippen molar-refractivity contribution in [2.45, 2.75) is 31.3 Å². The van der Waals surface area contributed by atoms with Crippen LogP contribution in [0.3, 0.4) is 0 Å². The molecule has 1 saturated carbocycles. The highest BCUT2D eigenvalue weighted by molar-refractivity contribution is 7.10. The average molecular weight is 335 g/mol. The first-order chi connectivity index (χ1) is 10.6. The van der Waals surface area contributed by atoms with Crippen LogP contribution in [-0.4, -0.2) is 11.9 Å². The third-order valence-electron chi connectivity index (χ3n) is 4.16. The lowest BCUT2D eigenvalue weighted by Gasteiger charge is -2.20. The zero-order valence-electron chi connectivity index (χ0n) is 12.2. The molecule has 0 radical (unpaired) electrons. The van der Waals surface area contributed by atoms with Crippen LogP contribution in [0, 0.1) is 5.92 Å². The number of amides is 1. The Morgan fingerprint density at radius 1 is 1.27 bits per heavy atom. The van der Waals surface area contributed by atoms with Crippen molar-refractivity contribution in [1.82, 2.24) is 5.32 Å². The summed E-state index contributed by atoms with van der Waals surface area (Å²) in [7, 11) is 0. The Labute approximate surface area is 139 Å². The van der Waals surface area contributed by atoms with Gasteiger partial charge in [-0.15, -0.1) is 11.3 Å². The standard InChI is InChI=1S/C17H19ClN2OS/c18-13-6-3-11(4-7-13)16(15-2-1-9-22-15)20-17(21)12-5-8-14(19)10-12/h1-4,6-7,9,12,14,16H,5,8,10,19H2,(H,20,21). The summed E-state index contributed by atoms with van der Waals surface area (Å²) in [6.07, 6.45) is 2.59. The predicted octanol–water partition coefficient (Wildman–Crippen LogP) is 3.73. The number of halogens is 1. The van der Waals surface area contributed by atoms with Crippen molar-refractivity contribution in [3.8, 4) is 0 Å². The van der Waals surface area contributed by atoms with Gasteiger partial charge >= 0.3 is 0 Å². The summed E-state index contributed by atoms with van der Waals surface area (Å²) in [4.78, 5) is 13.7. The number of hydrogen-bond donors (Lipinski definition) is 2. The molecule has 2 aromatic rings. The number of hydrogen-bond acceptors (Lipinski definition) is 3. The van der Waals surface area contributed by atoms with Crippen LogP contribution in [0.5, 0.6) is 0 Å². The van der Waals surface area contributed by atoms with Crippen LogP contribution in [0.4, 0.5) is 0 Å². The van der Waals surface area contributed by atoms with Crippen molar-refractivity contribution < 1.29 is 4.79 Å². The third kappa shape index (κ3) is 3.51. The molecule has 1 aliphatic rings. The summed E-state index contributed by atoms with van der Waals surface area (Å²) in [6.45, 7) is 0. The topological polar surface area (TPSA) is 55.1 Å². The first-order valence-corrected chi connectivity index (χ1v) is 8.74. The Hall–Kier alpha value is -1.36. The maximum absolute atomic E-state index is 12.5. The Morgan fingerprint density at radius 3 is 2.64 bits per heavy atom. The molecule has 1 aliphatic carbocycles. The lowest BCUT2D eigenvalue weighted by Crippen LogP contribution is -2.34. The van der Waals surface area contributed by atoms with Gasteiger partial charge in [0.15, 0.2) is 0 Å². The molecule has 1 aromatic heterocycles. The van der Waals surface area contributed by atoms with Crippen molar-refractivity contribution in [3.63, 3.8) is 0 Å². The summed E-state index contributed by atoms with van der Waals surface area (Å²) in [5.74, 6) is 0.131. The highest BCUT2D eigenvalue weighted by Crippen LogP contribution is 2.30. The summed E-state index contributed by atoms with van der Waals surface area (Å²) in [5, 5.41) is 5.91. The molecule has 3 nitrogen and oxygen atoms in total. The van der Waals surface area contributed by atoms with Gasteiger partial charge in [-0.2, -0.15) is 0 Å². The van der Waals surface area contributed by atoms with Crippen LogP contribution < -0.4 is 11.1 Å². The van der Waals surface area contributed by atoms with Gasteiger partial charge in [0.2, 0.25) is 5.91 Å². The van der Waals surface area contributed by atoms with Gasteiger partial charge in [0.25, 0.3) is 0 Å². The van der Waals surface area contributed by atoms with E-state index in [1.54, 1.807) is 11.3 Å². The predicted molar refractivity (Wildman–Crippen MR) is 91.1 cm³/mol. The van der Waals surface area contributed by atoms with E-state index in [9.17, 15) is 4.79 Å². The number of carbonyl (C=O) groups is 1. The molecule has 1 fully saturated rings. The maximum Gasteiger partial charge on any atom is 0.223 e. The highest BCUT2D eigenvalue weighted by atomic mass is 35.5. The van der Waals surface area contributed by atoms with Crippen molar-refractivity contribution in [3.05, 3.63) is 57.2 Å². The van der Waals surface area contributed by atoms with Gasteiger partial charge in [0, 0.05) is 21.9 Å². The Balaban J connectivity index is 1.80. The van der Waals surface area contributed by atoms with Gasteiger partial charge in [-0.25, -0.2) is 0 Å². The molecule has 1 amide bonds. The summed E-state index contributed by atoms with van der Waals surface area (Å²) >= 11 is 7.61. The van der Waals surface area contributed by atoms with Gasteiger partial charge in [-0.05, 0) is 48.4 Å². The Kier molecular flexibility index (Phi) is 4.81. The van der Waals surface area contributed by atoms with Crippen molar-refractivity contribution >= 4 is 28.8 Å². The molecule has 1 aromatic carbocycles. The first kappa shape index (κ1) is 15.5. The van der Waals surface area contributed by atoms with Gasteiger partial charge in [0.05, 0.1) is 6.04 Å². The molecule has 3 N–H and O–H groups in total. The molecule has 0 saturated heterocycles. The number of carbonyl (C=O) groups excluding carboxylic acids is 1. The lowest BCUT2D eigenvalue weighted by molar-refractivity contribution is -0.125. The summed E-state index contributed by atoms with van der Waals surface area (Å²) in [6, 6.07) is 11.7. The number of thiophene rings is 1. The monoisotopic (exact) mass is 334 g/mol. The summed E-state index contributed by atoms with van der Waals surface area (Å²) in [5.41, 5.74) is 6.97. The van der Waals surface area contributed by atoms with E-state index >= 15 is 0 Å². The second kappa shape index (κ2) is 6.82. The Morgan fingerprint density at radius 2 is 2.05 bits per heavy atom. The second-order valence-electron chi connectivity index (χ2n) is 5.78. The molecular weight excluding hydrogens is 316 g/mol. The molecule has 3 atom stereocenters. The highest BCUT2D eigenvalue weighted by Gasteiger charge is 2.29. The summed E-state index contributed by atoms with van der Waals surface area (Å²) < 4.78 is 0. The largest absolute Gasteiger partial charge is 0.344 e. The number of nitrogens with two attached hydrogens (primary N) is 1. The van der Waals surface area contributed by atoms with Crippen LogP contribution >= 0.6 is 22.9 Å². The minimum atomic E-state index is -0.124. The van der Waals surface area contributed by atoms with Gasteiger partial charge in [-0.1, -0.05) is 29.8 Å². The molecule has 0 bridgehead atoms. The molecule has 0 spiro atoms. The fraction of sp³-hybridized carbons (Fsp3) is 0.353. The molecule has 0 aliphatic heterocycles. The molecule has 5 heteroatoms. The lowest BCUT2D eigenvalue weighted by atomic mass is 10.0. The van der Waals surface area contributed by atoms with Crippen LogP contribution in [0.2, 0.25) is 5.02 Å². The van der Waals surface area contributed by atoms with E-state index in [4.69, 9.17) is 17.3 Å². The maximum atomic E-state index is 12.5. The van der Waals surface area contributed by atoms with Crippen LogP contribution in [0.15, 0.2) is 41.8 Å². The van der Waals surface area contributed by atoms with E-state index in [0.717, 1.165) is 29.7 Å². The molecule has 22 heavy (non-hydrogen) atoms. The van der Waals surface area contributed by atoms with E-state index in [0.29, 0.717) is 5.02 Å². The molecule has 3 rings (SSSR count). The number of rotatable bonds is 4. The van der Waals surface area contributed by atoms with Crippen LogP contribution in [-0.2, 0) is 4.79 Å². The van der Waals surface area contributed by atoms with Crippen LogP contribution in [0.1, 0.15) is 35.7 Å². The van der Waals surface area contributed by atoms with E-state index in [-0.39, 0.29) is 23.9 Å². The fourth-order valence-electron chi connectivity index (χ4n) is 2.94. The van der Waals surface area contributed by atoms with Crippen LogP contribution in [0.25, 0.3) is 0 Å². The minimum absolute atomic E-state index is 0.0322. The SMILES string of the molecule is NC1CCC(C(=O)NC(c2ccc(Cl)cc2)c2cccs2)C1. The van der Waals surface area contributed by atoms with E-state index in [1.807, 2.05) is 41.8 Å². The first-order valence-electron chi connectivity index (χ1n) is 7.48. The second-order valence-corrected chi connectivity index (χ2v) is 7.19. The fourth-order valence-corrected chi connectivity index (χ4v) is 3.87. The average Bonchev–Trinajstić information content (AvgIpc) is 3.17. The normalized spacial score (nSPS) is 22.5. The molecule has 116 valence electrons. The zero-order chi connectivity index (χ0) is 15.5. The van der Waals surface area contributed by atoms with E-state index < -0.39 is 0 Å². The van der Waals surface area contributed by atoms with Crippen molar-refractivity contribution in [2.75, 3.05) is 0 Å². The quantitative estimate of drug-likeness (QED) is 0.895. The van der Waals surface area contributed by atoms with Gasteiger partial charge < -0.3 is 11.1 Å². The number of nitrogens with one attached hydrogen (secondary N) is 1.